The van der Waals surface area contributed by atoms with Gasteiger partial charge in [0.1, 0.15) is 5.69 Å². The van der Waals surface area contributed by atoms with E-state index < -0.39 is 12.1 Å². The van der Waals surface area contributed by atoms with Crippen molar-refractivity contribution in [1.82, 2.24) is 19.2 Å². The molecule has 0 fully saturated rings. The Kier molecular flexibility index (Phi) is 7.00. The Labute approximate surface area is 204 Å². The van der Waals surface area contributed by atoms with Crippen molar-refractivity contribution >= 4 is 11.6 Å². The van der Waals surface area contributed by atoms with Gasteiger partial charge in [-0.3, -0.25) is 9.20 Å². The highest BCUT2D eigenvalue weighted by Crippen LogP contribution is 2.25. The molecule has 0 unspecified atom stereocenters. The Hall–Kier alpha value is -3.94. The van der Waals surface area contributed by atoms with Crippen molar-refractivity contribution in [1.29, 1.82) is 0 Å². The molecule has 0 radical (unpaired) electrons. The number of carbonyl (C=O) groups excluding carboxylic acids is 1. The first-order chi connectivity index (χ1) is 16.8. The van der Waals surface area contributed by atoms with E-state index in [0.29, 0.717) is 34.8 Å². The SMILES string of the molecule is CCC[C@@H](Oc1cccn2c(=O)c(-c3cc(C)n(-c4cccc(C)c4)n3)c(C)nc12)C(=O)OCC. The van der Waals surface area contributed by atoms with Gasteiger partial charge in [0.2, 0.25) is 0 Å². The van der Waals surface area contributed by atoms with E-state index in [0.717, 1.165) is 23.4 Å². The molecule has 4 aromatic rings. The number of ether oxygens (including phenoxy) is 2. The number of hydrogen-bond donors (Lipinski definition) is 0. The van der Waals surface area contributed by atoms with Gasteiger partial charge in [0.25, 0.3) is 5.56 Å². The predicted molar refractivity (Wildman–Crippen MR) is 134 cm³/mol. The number of aromatic nitrogens is 4. The van der Waals surface area contributed by atoms with Crippen LogP contribution in [0, 0.1) is 20.8 Å². The molecule has 4 rings (SSSR count). The Balaban J connectivity index is 1.78. The first kappa shape index (κ1) is 24.2. The largest absolute Gasteiger partial charge is 0.475 e. The van der Waals surface area contributed by atoms with Gasteiger partial charge in [-0.15, -0.1) is 0 Å². The first-order valence-electron chi connectivity index (χ1n) is 11.8. The van der Waals surface area contributed by atoms with E-state index >= 15 is 0 Å². The van der Waals surface area contributed by atoms with Crippen molar-refractivity contribution in [2.24, 2.45) is 0 Å². The number of fused-ring (bicyclic) bond motifs is 1. The fraction of sp³-hybridized carbons (Fsp3) is 0.333. The van der Waals surface area contributed by atoms with Crippen LogP contribution >= 0.6 is 0 Å². The smallest absolute Gasteiger partial charge is 0.347 e. The van der Waals surface area contributed by atoms with Gasteiger partial charge in [0, 0.05) is 11.9 Å². The fourth-order valence-corrected chi connectivity index (χ4v) is 4.12. The number of benzene rings is 1. The van der Waals surface area contributed by atoms with Crippen LogP contribution in [0.5, 0.6) is 5.75 Å². The second-order valence-electron chi connectivity index (χ2n) is 8.51. The molecule has 3 aromatic heterocycles. The molecule has 8 nitrogen and oxygen atoms in total. The van der Waals surface area contributed by atoms with Crippen LogP contribution in [-0.4, -0.2) is 37.8 Å². The molecule has 3 heterocycles. The molecule has 0 N–H and O–H groups in total. The van der Waals surface area contributed by atoms with Crippen LogP contribution in [0.2, 0.25) is 0 Å². The monoisotopic (exact) mass is 474 g/mol. The molecule has 0 saturated carbocycles. The summed E-state index contributed by atoms with van der Waals surface area (Å²) in [5.41, 5.74) is 4.55. The van der Waals surface area contributed by atoms with Crippen LogP contribution in [0.1, 0.15) is 43.6 Å². The maximum absolute atomic E-state index is 13.6. The molecule has 0 aliphatic heterocycles. The summed E-state index contributed by atoms with van der Waals surface area (Å²) in [5, 5.41) is 4.73. The summed E-state index contributed by atoms with van der Waals surface area (Å²) < 4.78 is 14.4. The summed E-state index contributed by atoms with van der Waals surface area (Å²) in [6, 6.07) is 13.3. The number of pyridine rings is 1. The lowest BCUT2D eigenvalue weighted by Gasteiger charge is -2.18. The van der Waals surface area contributed by atoms with E-state index in [1.165, 1.54) is 4.40 Å². The van der Waals surface area contributed by atoms with Crippen LogP contribution in [0.3, 0.4) is 0 Å². The minimum Gasteiger partial charge on any atom is -0.475 e. The van der Waals surface area contributed by atoms with Gasteiger partial charge in [-0.2, -0.15) is 5.10 Å². The molecule has 0 amide bonds. The number of nitrogens with zero attached hydrogens (tertiary/aromatic N) is 4. The zero-order valence-corrected chi connectivity index (χ0v) is 20.7. The van der Waals surface area contributed by atoms with Crippen LogP contribution in [0.4, 0.5) is 0 Å². The zero-order chi connectivity index (χ0) is 25.1. The molecule has 35 heavy (non-hydrogen) atoms. The number of rotatable bonds is 8. The summed E-state index contributed by atoms with van der Waals surface area (Å²) in [4.78, 5) is 30.7. The highest BCUT2D eigenvalue weighted by molar-refractivity contribution is 5.75. The second kappa shape index (κ2) is 10.1. The van der Waals surface area contributed by atoms with Crippen LogP contribution < -0.4 is 10.3 Å². The van der Waals surface area contributed by atoms with Crippen molar-refractivity contribution < 1.29 is 14.3 Å². The van der Waals surface area contributed by atoms with Gasteiger partial charge in [0.05, 0.1) is 23.6 Å². The molecule has 0 aliphatic carbocycles. The van der Waals surface area contributed by atoms with Gasteiger partial charge in [-0.05, 0) is 70.0 Å². The standard InChI is InChI=1S/C27H30N4O4/c1-6-10-23(27(33)34-7-2)35-22-13-9-14-30-25(22)28-19(5)24(26(30)32)21-16-18(4)31(29-21)20-12-8-11-17(3)15-20/h8-9,11-16,23H,6-7,10H2,1-5H3/t23-/m1/s1. The van der Waals surface area contributed by atoms with Crippen molar-refractivity contribution in [2.45, 2.75) is 53.6 Å². The maximum Gasteiger partial charge on any atom is 0.347 e. The number of esters is 1. The van der Waals surface area contributed by atoms with Gasteiger partial charge in [-0.25, -0.2) is 14.5 Å². The molecular weight excluding hydrogens is 444 g/mol. The van der Waals surface area contributed by atoms with E-state index in [1.54, 1.807) is 32.2 Å². The Morgan fingerprint density at radius 1 is 1.09 bits per heavy atom. The van der Waals surface area contributed by atoms with Crippen LogP contribution in [0.25, 0.3) is 22.6 Å². The Morgan fingerprint density at radius 3 is 2.60 bits per heavy atom. The molecule has 0 saturated heterocycles. The Morgan fingerprint density at radius 2 is 1.89 bits per heavy atom. The zero-order valence-electron chi connectivity index (χ0n) is 20.7. The third-order valence-electron chi connectivity index (χ3n) is 5.76. The van der Waals surface area contributed by atoms with Gasteiger partial charge >= 0.3 is 5.97 Å². The highest BCUT2D eigenvalue weighted by Gasteiger charge is 2.24. The molecule has 1 aromatic carbocycles. The summed E-state index contributed by atoms with van der Waals surface area (Å²) in [5.74, 6) is -0.0728. The van der Waals surface area contributed by atoms with Crippen molar-refractivity contribution in [3.05, 3.63) is 76.0 Å². The maximum atomic E-state index is 13.6. The predicted octanol–water partition coefficient (Wildman–Crippen LogP) is 4.58. The first-order valence-corrected chi connectivity index (χ1v) is 11.8. The lowest BCUT2D eigenvalue weighted by molar-refractivity contribution is -0.151. The molecule has 0 bridgehead atoms. The minimum absolute atomic E-state index is 0.255. The summed E-state index contributed by atoms with van der Waals surface area (Å²) in [7, 11) is 0. The van der Waals surface area contributed by atoms with Crippen LogP contribution in [0.15, 0.2) is 53.5 Å². The molecule has 0 spiro atoms. The fourth-order valence-electron chi connectivity index (χ4n) is 4.12. The Bertz CT molecular complexity index is 1440. The number of carbonyl (C=O) groups is 1. The lowest BCUT2D eigenvalue weighted by atomic mass is 10.1. The topological polar surface area (TPSA) is 87.7 Å². The summed E-state index contributed by atoms with van der Waals surface area (Å²) >= 11 is 0. The van der Waals surface area contributed by atoms with Crippen molar-refractivity contribution in [2.75, 3.05) is 6.61 Å². The van der Waals surface area contributed by atoms with E-state index in [2.05, 4.69) is 0 Å². The highest BCUT2D eigenvalue weighted by atomic mass is 16.6. The molecule has 0 aliphatic rings. The van der Waals surface area contributed by atoms with Crippen molar-refractivity contribution in [3.63, 3.8) is 0 Å². The average molecular weight is 475 g/mol. The molecular formula is C27H30N4O4. The van der Waals surface area contributed by atoms with Gasteiger partial charge < -0.3 is 9.47 Å². The third kappa shape index (κ3) is 4.82. The normalized spacial score (nSPS) is 12.0. The summed E-state index contributed by atoms with van der Waals surface area (Å²) in [6.45, 7) is 9.76. The molecule has 1 atom stereocenters. The third-order valence-corrected chi connectivity index (χ3v) is 5.76. The van der Waals surface area contributed by atoms with E-state index in [1.807, 2.05) is 55.8 Å². The van der Waals surface area contributed by atoms with Gasteiger partial charge in [-0.1, -0.05) is 25.5 Å². The quantitative estimate of drug-likeness (QED) is 0.347. The average Bonchev–Trinajstić information content (AvgIpc) is 3.20. The van der Waals surface area contributed by atoms with Gasteiger partial charge in [0.15, 0.2) is 17.5 Å². The molecule has 182 valence electrons. The number of hydrogen-bond acceptors (Lipinski definition) is 6. The van der Waals surface area contributed by atoms with Crippen molar-refractivity contribution in [3.8, 4) is 22.7 Å². The van der Waals surface area contributed by atoms with E-state index in [-0.39, 0.29) is 12.2 Å². The second-order valence-corrected chi connectivity index (χ2v) is 8.51. The lowest BCUT2D eigenvalue weighted by Crippen LogP contribution is -2.30. The van der Waals surface area contributed by atoms with Crippen LogP contribution in [-0.2, 0) is 9.53 Å². The van der Waals surface area contributed by atoms with E-state index in [4.69, 9.17) is 19.6 Å². The van der Waals surface area contributed by atoms with E-state index in [9.17, 15) is 9.59 Å². The minimum atomic E-state index is -0.768. The number of aryl methyl sites for hydroxylation is 3. The summed E-state index contributed by atoms with van der Waals surface area (Å²) in [6.07, 6.45) is 2.12. The molecule has 8 heteroatoms.